The number of hydrogen-bond acceptors (Lipinski definition) is 6. The van der Waals surface area contributed by atoms with Crippen LogP contribution < -0.4 is 4.72 Å². The third-order valence-corrected chi connectivity index (χ3v) is 5.53. The number of pyridine rings is 1. The fraction of sp³-hybridized carbons (Fsp3) is 0.0526. The number of hydrogen-bond donors (Lipinski definition) is 2. The molecule has 6 nitrogen and oxygen atoms in total. The minimum atomic E-state index is -0.288. The first-order chi connectivity index (χ1) is 13.5. The number of nitrogens with one attached hydrogen (secondary N) is 2. The summed E-state index contributed by atoms with van der Waals surface area (Å²) in [5.41, 5.74) is 2.68. The zero-order chi connectivity index (χ0) is 19.7. The van der Waals surface area contributed by atoms with Gasteiger partial charge in [0.2, 0.25) is 5.78 Å². The molecule has 4 aromatic rings. The van der Waals surface area contributed by atoms with E-state index in [1.165, 1.54) is 18.3 Å². The number of H-pyrrole nitrogens is 1. The molecular weight excluding hydrogens is 417 g/mol. The number of carbonyl (C=O) groups excluding carboxylic acids is 1. The van der Waals surface area contributed by atoms with Gasteiger partial charge in [0.15, 0.2) is 0 Å². The van der Waals surface area contributed by atoms with E-state index < -0.39 is 0 Å². The number of benzene rings is 1. The number of aromatic amines is 1. The third kappa shape index (κ3) is 3.69. The molecule has 0 fully saturated rings. The summed E-state index contributed by atoms with van der Waals surface area (Å²) in [7, 11) is 0. The summed E-state index contributed by atoms with van der Waals surface area (Å²) in [6.07, 6.45) is 4.73. The largest absolute Gasteiger partial charge is 0.346 e. The van der Waals surface area contributed by atoms with Gasteiger partial charge < -0.3 is 9.71 Å². The van der Waals surface area contributed by atoms with Crippen molar-refractivity contribution >= 4 is 57.7 Å². The summed E-state index contributed by atoms with van der Waals surface area (Å²) in [5, 5.41) is 1.60. The maximum atomic E-state index is 13.1. The van der Waals surface area contributed by atoms with Gasteiger partial charge in [-0.05, 0) is 54.8 Å². The summed E-state index contributed by atoms with van der Waals surface area (Å²) < 4.78 is 3.19. The highest BCUT2D eigenvalue weighted by molar-refractivity contribution is 8.00. The second-order valence-corrected chi connectivity index (χ2v) is 7.67. The minimum Gasteiger partial charge on any atom is -0.346 e. The topological polar surface area (TPSA) is 83.6 Å². The Morgan fingerprint density at radius 3 is 2.75 bits per heavy atom. The third-order valence-electron chi connectivity index (χ3n) is 3.98. The lowest BCUT2D eigenvalue weighted by molar-refractivity contribution is 0.103. The number of halogens is 2. The molecular formula is C19H13Cl2N5OS. The molecule has 140 valence electrons. The van der Waals surface area contributed by atoms with E-state index in [2.05, 4.69) is 24.7 Å². The second kappa shape index (κ2) is 7.79. The van der Waals surface area contributed by atoms with Crippen LogP contribution in [0.4, 0.5) is 5.69 Å². The Labute approximate surface area is 174 Å². The molecule has 0 saturated carbocycles. The standard InChI is InChI=1S/C19H13Cl2N5OS/c1-10-6-15(26-28-11-2-3-13(20)14(21)7-11)17(23-8-10)18(27)16-12-4-5-22-19(12)25-9-24-16/h2-9,26H,1H3,(H,22,24,25). The molecule has 0 aliphatic rings. The Kier molecular flexibility index (Phi) is 5.21. The Bertz CT molecular complexity index is 1190. The molecule has 2 N–H and O–H groups in total. The van der Waals surface area contributed by atoms with Crippen molar-refractivity contribution in [2.75, 3.05) is 4.72 Å². The Morgan fingerprint density at radius 1 is 1.07 bits per heavy atom. The molecule has 9 heteroatoms. The summed E-state index contributed by atoms with van der Waals surface area (Å²) in [5.74, 6) is -0.288. The normalized spacial score (nSPS) is 11.0. The Morgan fingerprint density at radius 2 is 1.93 bits per heavy atom. The highest BCUT2D eigenvalue weighted by Gasteiger charge is 2.20. The second-order valence-electron chi connectivity index (χ2n) is 5.98. The number of rotatable bonds is 5. The van der Waals surface area contributed by atoms with Crippen molar-refractivity contribution in [2.24, 2.45) is 0 Å². The number of nitrogens with zero attached hydrogens (tertiary/aromatic N) is 3. The average Bonchev–Trinajstić information content (AvgIpc) is 3.17. The number of fused-ring (bicyclic) bond motifs is 1. The average molecular weight is 430 g/mol. The first-order valence-corrected chi connectivity index (χ1v) is 9.77. The van der Waals surface area contributed by atoms with Crippen molar-refractivity contribution < 1.29 is 4.79 Å². The van der Waals surface area contributed by atoms with Gasteiger partial charge in [-0.1, -0.05) is 23.2 Å². The number of aryl methyl sites for hydroxylation is 1. The van der Waals surface area contributed by atoms with Crippen molar-refractivity contribution in [1.29, 1.82) is 0 Å². The fourth-order valence-electron chi connectivity index (χ4n) is 2.65. The number of aromatic nitrogens is 4. The first-order valence-electron chi connectivity index (χ1n) is 8.20. The van der Waals surface area contributed by atoms with Crippen molar-refractivity contribution in [3.05, 3.63) is 76.0 Å². The van der Waals surface area contributed by atoms with Crippen molar-refractivity contribution in [1.82, 2.24) is 19.9 Å². The monoisotopic (exact) mass is 429 g/mol. The smallest absolute Gasteiger partial charge is 0.232 e. The molecule has 1 aromatic carbocycles. The maximum absolute atomic E-state index is 13.1. The van der Waals surface area contributed by atoms with E-state index in [1.54, 1.807) is 30.6 Å². The van der Waals surface area contributed by atoms with Gasteiger partial charge in [-0.3, -0.25) is 9.78 Å². The molecule has 0 atom stereocenters. The molecule has 0 bridgehead atoms. The molecule has 0 saturated heterocycles. The van der Waals surface area contributed by atoms with Crippen LogP contribution in [0.2, 0.25) is 10.0 Å². The fourth-order valence-corrected chi connectivity index (χ4v) is 3.71. The van der Waals surface area contributed by atoms with Gasteiger partial charge in [0.05, 0.1) is 15.7 Å². The van der Waals surface area contributed by atoms with Gasteiger partial charge >= 0.3 is 0 Å². The molecule has 0 aliphatic heterocycles. The lowest BCUT2D eigenvalue weighted by Gasteiger charge is -2.11. The minimum absolute atomic E-state index is 0.277. The van der Waals surface area contributed by atoms with E-state index in [0.717, 1.165) is 10.5 Å². The summed E-state index contributed by atoms with van der Waals surface area (Å²) in [6, 6.07) is 8.94. The molecule has 0 aliphatic carbocycles. The van der Waals surface area contributed by atoms with Crippen LogP contribution in [0.15, 0.2) is 53.9 Å². The SMILES string of the molecule is Cc1cnc(C(=O)c2ncnc3[nH]ccc23)c(NSc2ccc(Cl)c(Cl)c2)c1. The molecule has 3 heterocycles. The van der Waals surface area contributed by atoms with Crippen LogP contribution in [-0.2, 0) is 0 Å². The summed E-state index contributed by atoms with van der Waals surface area (Å²) >= 11 is 13.3. The Hall–Kier alpha value is -2.61. The quantitative estimate of drug-likeness (QED) is 0.330. The predicted octanol–water partition coefficient (Wildman–Crippen LogP) is 5.32. The molecule has 0 radical (unpaired) electrons. The van der Waals surface area contributed by atoms with E-state index >= 15 is 0 Å². The van der Waals surface area contributed by atoms with Crippen LogP contribution in [0.1, 0.15) is 21.7 Å². The zero-order valence-corrected chi connectivity index (χ0v) is 16.9. The molecule has 0 unspecified atom stereocenters. The highest BCUT2D eigenvalue weighted by atomic mass is 35.5. The summed E-state index contributed by atoms with van der Waals surface area (Å²) in [4.78, 5) is 29.6. The van der Waals surface area contributed by atoms with Crippen molar-refractivity contribution in [3.8, 4) is 0 Å². The van der Waals surface area contributed by atoms with Crippen molar-refractivity contribution in [3.63, 3.8) is 0 Å². The zero-order valence-electron chi connectivity index (χ0n) is 14.5. The molecule has 0 spiro atoms. The van der Waals surface area contributed by atoms with Gasteiger partial charge in [0.1, 0.15) is 23.4 Å². The molecule has 0 amide bonds. The predicted molar refractivity (Wildman–Crippen MR) is 112 cm³/mol. The number of ketones is 1. The van der Waals surface area contributed by atoms with E-state index in [-0.39, 0.29) is 11.5 Å². The van der Waals surface area contributed by atoms with Gasteiger partial charge in [0.25, 0.3) is 0 Å². The van der Waals surface area contributed by atoms with E-state index in [0.29, 0.717) is 32.5 Å². The van der Waals surface area contributed by atoms with Crippen LogP contribution in [0.3, 0.4) is 0 Å². The highest BCUT2D eigenvalue weighted by Crippen LogP contribution is 2.30. The van der Waals surface area contributed by atoms with Crippen LogP contribution in [0, 0.1) is 6.92 Å². The van der Waals surface area contributed by atoms with Crippen LogP contribution in [-0.4, -0.2) is 25.7 Å². The van der Waals surface area contributed by atoms with Gasteiger partial charge in [0, 0.05) is 22.7 Å². The lowest BCUT2D eigenvalue weighted by atomic mass is 10.1. The van der Waals surface area contributed by atoms with Crippen molar-refractivity contribution in [2.45, 2.75) is 11.8 Å². The van der Waals surface area contributed by atoms with Crippen LogP contribution >= 0.6 is 35.1 Å². The van der Waals surface area contributed by atoms with E-state index in [9.17, 15) is 4.79 Å². The van der Waals surface area contributed by atoms with Gasteiger partial charge in [-0.25, -0.2) is 9.97 Å². The number of anilines is 1. The van der Waals surface area contributed by atoms with Gasteiger partial charge in [-0.15, -0.1) is 0 Å². The first kappa shape index (κ1) is 18.7. The van der Waals surface area contributed by atoms with E-state index in [4.69, 9.17) is 23.2 Å². The maximum Gasteiger partial charge on any atom is 0.232 e. The van der Waals surface area contributed by atoms with E-state index in [1.807, 2.05) is 19.1 Å². The summed E-state index contributed by atoms with van der Waals surface area (Å²) in [6.45, 7) is 1.91. The van der Waals surface area contributed by atoms with Crippen LogP contribution in [0.25, 0.3) is 11.0 Å². The number of carbonyl (C=O) groups is 1. The Balaban J connectivity index is 1.67. The molecule has 3 aromatic heterocycles. The van der Waals surface area contributed by atoms with Gasteiger partial charge in [-0.2, -0.15) is 0 Å². The molecule has 4 rings (SSSR count). The van der Waals surface area contributed by atoms with Crippen LogP contribution in [0.5, 0.6) is 0 Å². The lowest BCUT2D eigenvalue weighted by Crippen LogP contribution is -2.10. The molecule has 28 heavy (non-hydrogen) atoms.